The summed E-state index contributed by atoms with van der Waals surface area (Å²) in [5.41, 5.74) is 1.82. The highest BCUT2D eigenvalue weighted by Crippen LogP contribution is 2.30. The first-order valence-corrected chi connectivity index (χ1v) is 6.50. The van der Waals surface area contributed by atoms with Crippen LogP contribution in [0.5, 0.6) is 11.8 Å². The average Bonchev–Trinajstić information content (AvgIpc) is 3.09. The molecule has 0 unspecified atom stereocenters. The zero-order chi connectivity index (χ0) is 14.7. The van der Waals surface area contributed by atoms with Crippen molar-refractivity contribution in [3.05, 3.63) is 55.0 Å². The monoisotopic (exact) mass is 281 g/mol. The molecule has 0 bridgehead atoms. The zero-order valence-electron chi connectivity index (χ0n) is 11.9. The largest absolute Gasteiger partial charge is 0.481 e. The van der Waals surface area contributed by atoms with Gasteiger partial charge in [0, 0.05) is 35.8 Å². The molecule has 3 heterocycles. The van der Waals surface area contributed by atoms with Gasteiger partial charge in [-0.2, -0.15) is 4.98 Å². The van der Waals surface area contributed by atoms with E-state index in [4.69, 9.17) is 9.47 Å². The molecule has 5 heteroatoms. The molecular weight excluding hydrogens is 266 g/mol. The van der Waals surface area contributed by atoms with Crippen molar-refractivity contribution in [3.63, 3.8) is 0 Å². The topological polar surface area (TPSA) is 49.2 Å². The van der Waals surface area contributed by atoms with E-state index in [0.29, 0.717) is 11.8 Å². The maximum atomic E-state index is 5.32. The van der Waals surface area contributed by atoms with Crippen molar-refractivity contribution in [1.29, 1.82) is 0 Å². The van der Waals surface area contributed by atoms with Crippen molar-refractivity contribution in [2.24, 2.45) is 0 Å². The van der Waals surface area contributed by atoms with Gasteiger partial charge in [-0.05, 0) is 30.3 Å². The van der Waals surface area contributed by atoms with E-state index in [-0.39, 0.29) is 0 Å². The van der Waals surface area contributed by atoms with E-state index in [1.54, 1.807) is 26.5 Å². The summed E-state index contributed by atoms with van der Waals surface area (Å²) in [7, 11) is 3.17. The molecule has 3 rings (SSSR count). The number of hydrogen-bond acceptors (Lipinski definition) is 4. The van der Waals surface area contributed by atoms with Crippen LogP contribution in [0.25, 0.3) is 16.9 Å². The Bertz CT molecular complexity index is 722. The van der Waals surface area contributed by atoms with E-state index < -0.39 is 0 Å². The Labute approximate surface area is 122 Å². The number of hydrogen-bond donors (Lipinski definition) is 0. The Morgan fingerprint density at radius 3 is 2.38 bits per heavy atom. The van der Waals surface area contributed by atoms with Gasteiger partial charge >= 0.3 is 0 Å². The molecule has 0 fully saturated rings. The SMILES string of the molecule is COc1ccc(-c2ccc(-n3cccc3)nc2)c(OC)n1. The van der Waals surface area contributed by atoms with Gasteiger partial charge < -0.3 is 14.0 Å². The van der Waals surface area contributed by atoms with Gasteiger partial charge in [0.25, 0.3) is 0 Å². The van der Waals surface area contributed by atoms with E-state index in [9.17, 15) is 0 Å². The quantitative estimate of drug-likeness (QED) is 0.737. The molecule has 0 atom stereocenters. The summed E-state index contributed by atoms with van der Waals surface area (Å²) in [6.45, 7) is 0. The lowest BCUT2D eigenvalue weighted by atomic mass is 10.1. The minimum atomic E-state index is 0.518. The van der Waals surface area contributed by atoms with Crippen molar-refractivity contribution in [1.82, 2.24) is 14.5 Å². The number of rotatable bonds is 4. The fourth-order valence-corrected chi connectivity index (χ4v) is 2.10. The van der Waals surface area contributed by atoms with Gasteiger partial charge in [-0.3, -0.25) is 0 Å². The van der Waals surface area contributed by atoms with Crippen LogP contribution < -0.4 is 9.47 Å². The third-order valence-electron chi connectivity index (χ3n) is 3.17. The minimum absolute atomic E-state index is 0.518. The minimum Gasteiger partial charge on any atom is -0.481 e. The smallest absolute Gasteiger partial charge is 0.224 e. The molecule has 0 saturated heterocycles. The molecule has 5 nitrogen and oxygen atoms in total. The molecule has 0 radical (unpaired) electrons. The molecule has 3 aromatic rings. The highest BCUT2D eigenvalue weighted by molar-refractivity contribution is 5.68. The lowest BCUT2D eigenvalue weighted by molar-refractivity contribution is 0.366. The summed E-state index contributed by atoms with van der Waals surface area (Å²) in [5.74, 6) is 1.90. The normalized spacial score (nSPS) is 10.4. The van der Waals surface area contributed by atoms with E-state index in [1.165, 1.54) is 0 Å². The van der Waals surface area contributed by atoms with Crippen LogP contribution in [0, 0.1) is 0 Å². The first-order valence-electron chi connectivity index (χ1n) is 6.50. The number of methoxy groups -OCH3 is 2. The van der Waals surface area contributed by atoms with Crippen LogP contribution in [-0.4, -0.2) is 28.8 Å². The van der Waals surface area contributed by atoms with Crippen molar-refractivity contribution in [2.45, 2.75) is 0 Å². The summed E-state index contributed by atoms with van der Waals surface area (Å²) >= 11 is 0. The lowest BCUT2D eigenvalue weighted by Gasteiger charge is -2.09. The maximum Gasteiger partial charge on any atom is 0.224 e. The first kappa shape index (κ1) is 13.2. The molecule has 0 saturated carbocycles. The van der Waals surface area contributed by atoms with E-state index in [1.807, 2.05) is 47.3 Å². The molecular formula is C16H15N3O2. The van der Waals surface area contributed by atoms with Crippen LogP contribution in [0.2, 0.25) is 0 Å². The Kier molecular flexibility index (Phi) is 3.55. The van der Waals surface area contributed by atoms with Gasteiger partial charge in [0.2, 0.25) is 11.8 Å². The van der Waals surface area contributed by atoms with Crippen molar-refractivity contribution in [3.8, 4) is 28.7 Å². The molecule has 21 heavy (non-hydrogen) atoms. The second kappa shape index (κ2) is 5.66. The molecule has 0 N–H and O–H groups in total. The van der Waals surface area contributed by atoms with Crippen molar-refractivity contribution >= 4 is 0 Å². The number of ether oxygens (including phenoxy) is 2. The number of pyridine rings is 2. The van der Waals surface area contributed by atoms with Gasteiger partial charge in [-0.25, -0.2) is 4.98 Å². The third kappa shape index (κ3) is 2.58. The average molecular weight is 281 g/mol. The predicted molar refractivity (Wildman–Crippen MR) is 79.9 cm³/mol. The van der Waals surface area contributed by atoms with Crippen LogP contribution >= 0.6 is 0 Å². The molecule has 0 aliphatic carbocycles. The van der Waals surface area contributed by atoms with Gasteiger partial charge in [0.1, 0.15) is 5.82 Å². The van der Waals surface area contributed by atoms with E-state index in [0.717, 1.165) is 16.9 Å². The van der Waals surface area contributed by atoms with Crippen LogP contribution in [0.15, 0.2) is 55.0 Å². The second-order valence-corrected chi connectivity index (χ2v) is 4.41. The molecule has 0 aromatic carbocycles. The van der Waals surface area contributed by atoms with Crippen LogP contribution in [0.4, 0.5) is 0 Å². The fourth-order valence-electron chi connectivity index (χ4n) is 2.10. The highest BCUT2D eigenvalue weighted by atomic mass is 16.5. The van der Waals surface area contributed by atoms with Crippen molar-refractivity contribution < 1.29 is 9.47 Å². The van der Waals surface area contributed by atoms with Crippen LogP contribution in [-0.2, 0) is 0 Å². The number of nitrogens with zero attached hydrogens (tertiary/aromatic N) is 3. The summed E-state index contributed by atoms with van der Waals surface area (Å²) < 4.78 is 12.4. The predicted octanol–water partition coefficient (Wildman–Crippen LogP) is 2.95. The summed E-state index contributed by atoms with van der Waals surface area (Å²) in [5, 5.41) is 0. The highest BCUT2D eigenvalue weighted by Gasteiger charge is 2.09. The fraction of sp³-hybridized carbons (Fsp3) is 0.125. The molecule has 0 amide bonds. The van der Waals surface area contributed by atoms with Crippen molar-refractivity contribution in [2.75, 3.05) is 14.2 Å². The van der Waals surface area contributed by atoms with E-state index >= 15 is 0 Å². The maximum absolute atomic E-state index is 5.32. The standard InChI is InChI=1S/C16H15N3O2/c1-20-15-8-6-13(16(18-15)21-2)12-5-7-14(17-11-12)19-9-3-4-10-19/h3-11H,1-2H3. The molecule has 106 valence electrons. The Hall–Kier alpha value is -2.82. The van der Waals surface area contributed by atoms with Crippen LogP contribution in [0.3, 0.4) is 0 Å². The van der Waals surface area contributed by atoms with Gasteiger partial charge in [-0.15, -0.1) is 0 Å². The Morgan fingerprint density at radius 1 is 0.952 bits per heavy atom. The van der Waals surface area contributed by atoms with Gasteiger partial charge in [0.05, 0.1) is 14.2 Å². The lowest BCUT2D eigenvalue weighted by Crippen LogP contribution is -1.97. The molecule has 3 aromatic heterocycles. The molecule has 0 spiro atoms. The van der Waals surface area contributed by atoms with Gasteiger partial charge in [0.15, 0.2) is 0 Å². The van der Waals surface area contributed by atoms with E-state index in [2.05, 4.69) is 9.97 Å². The summed E-state index contributed by atoms with van der Waals surface area (Å²) in [6.07, 6.45) is 5.72. The Balaban J connectivity index is 1.97. The Morgan fingerprint density at radius 2 is 1.76 bits per heavy atom. The second-order valence-electron chi connectivity index (χ2n) is 4.41. The van der Waals surface area contributed by atoms with Gasteiger partial charge in [-0.1, -0.05) is 0 Å². The molecule has 0 aliphatic heterocycles. The third-order valence-corrected chi connectivity index (χ3v) is 3.17. The summed E-state index contributed by atoms with van der Waals surface area (Å²) in [6, 6.07) is 11.6. The zero-order valence-corrected chi connectivity index (χ0v) is 11.9. The molecule has 0 aliphatic rings. The van der Waals surface area contributed by atoms with Crippen LogP contribution in [0.1, 0.15) is 0 Å². The first-order chi connectivity index (χ1) is 10.3. The summed E-state index contributed by atoms with van der Waals surface area (Å²) in [4.78, 5) is 8.74. The number of aromatic nitrogens is 3.